The second-order valence-electron chi connectivity index (χ2n) is 6.09. The van der Waals surface area contributed by atoms with E-state index in [1.807, 2.05) is 0 Å². The van der Waals surface area contributed by atoms with Gasteiger partial charge >= 0.3 is 0 Å². The summed E-state index contributed by atoms with van der Waals surface area (Å²) in [6.45, 7) is 5.09. The Balaban J connectivity index is 1.91. The molecule has 1 fully saturated rings. The Labute approximate surface area is 123 Å². The minimum Gasteiger partial charge on any atom is -0.363 e. The van der Waals surface area contributed by atoms with Crippen molar-refractivity contribution < 1.29 is 0 Å². The number of aromatic nitrogens is 2. The van der Waals surface area contributed by atoms with Crippen LogP contribution in [-0.4, -0.2) is 22.1 Å². The van der Waals surface area contributed by atoms with Crippen molar-refractivity contribution >= 4 is 27.4 Å². The van der Waals surface area contributed by atoms with Crippen molar-refractivity contribution in [1.82, 2.24) is 9.97 Å². The molecule has 0 amide bonds. The molecule has 2 aromatic heterocycles. The monoisotopic (exact) mass is 290 g/mol. The average molecular weight is 290 g/mol. The average Bonchev–Trinajstić information content (AvgIpc) is 2.83. The zero-order valence-electron chi connectivity index (χ0n) is 12.1. The van der Waals surface area contributed by atoms with Crippen LogP contribution < -0.4 is 11.1 Å². The standard InChI is InChI=1S/C15H22N4S/c1-10-3-5-15(8-16,6-4-10)19-13-12-7-11(2)20-14(12)18-9-17-13/h7,9-10H,3-6,8,16H2,1-2H3,(H,17,18,19). The van der Waals surface area contributed by atoms with Gasteiger partial charge in [-0.2, -0.15) is 0 Å². The third-order valence-electron chi connectivity index (χ3n) is 4.46. The van der Waals surface area contributed by atoms with Crippen molar-refractivity contribution in [1.29, 1.82) is 0 Å². The van der Waals surface area contributed by atoms with Crippen molar-refractivity contribution in [3.05, 3.63) is 17.3 Å². The highest BCUT2D eigenvalue weighted by molar-refractivity contribution is 7.18. The van der Waals surface area contributed by atoms with Gasteiger partial charge in [-0.05, 0) is 44.6 Å². The minimum atomic E-state index is 0.00361. The van der Waals surface area contributed by atoms with E-state index >= 15 is 0 Å². The highest BCUT2D eigenvalue weighted by atomic mass is 32.1. The molecule has 3 rings (SSSR count). The van der Waals surface area contributed by atoms with Crippen LogP contribution in [0.3, 0.4) is 0 Å². The Kier molecular flexibility index (Phi) is 3.65. The highest BCUT2D eigenvalue weighted by Gasteiger charge is 2.33. The quantitative estimate of drug-likeness (QED) is 0.910. The first kappa shape index (κ1) is 13.8. The van der Waals surface area contributed by atoms with Gasteiger partial charge in [-0.1, -0.05) is 6.92 Å². The van der Waals surface area contributed by atoms with Crippen LogP contribution in [-0.2, 0) is 0 Å². The summed E-state index contributed by atoms with van der Waals surface area (Å²) in [7, 11) is 0. The molecular weight excluding hydrogens is 268 g/mol. The molecule has 1 aliphatic carbocycles. The van der Waals surface area contributed by atoms with E-state index in [0.717, 1.165) is 34.8 Å². The Bertz CT molecular complexity index is 599. The SMILES string of the molecule is Cc1cc2c(NC3(CN)CCC(C)CC3)ncnc2s1. The zero-order valence-corrected chi connectivity index (χ0v) is 13.0. The first-order chi connectivity index (χ1) is 9.62. The summed E-state index contributed by atoms with van der Waals surface area (Å²) in [5.74, 6) is 1.75. The number of thiophene rings is 1. The molecule has 1 saturated carbocycles. The Morgan fingerprint density at radius 3 is 2.85 bits per heavy atom. The maximum Gasteiger partial charge on any atom is 0.138 e. The summed E-state index contributed by atoms with van der Waals surface area (Å²) < 4.78 is 0. The van der Waals surface area contributed by atoms with Crippen LogP contribution in [0.25, 0.3) is 10.2 Å². The molecular formula is C15H22N4S. The van der Waals surface area contributed by atoms with Gasteiger partial charge in [-0.3, -0.25) is 0 Å². The van der Waals surface area contributed by atoms with Crippen molar-refractivity contribution in [2.75, 3.05) is 11.9 Å². The second kappa shape index (κ2) is 5.30. The van der Waals surface area contributed by atoms with Gasteiger partial charge in [0.1, 0.15) is 17.0 Å². The van der Waals surface area contributed by atoms with E-state index in [-0.39, 0.29) is 5.54 Å². The minimum absolute atomic E-state index is 0.00361. The summed E-state index contributed by atoms with van der Waals surface area (Å²) in [5.41, 5.74) is 6.08. The number of aryl methyl sites for hydroxylation is 1. The lowest BCUT2D eigenvalue weighted by molar-refractivity contribution is 0.271. The van der Waals surface area contributed by atoms with Gasteiger partial charge < -0.3 is 11.1 Å². The Morgan fingerprint density at radius 2 is 2.15 bits per heavy atom. The largest absolute Gasteiger partial charge is 0.363 e. The molecule has 0 aliphatic heterocycles. The molecule has 0 spiro atoms. The molecule has 20 heavy (non-hydrogen) atoms. The molecule has 4 nitrogen and oxygen atoms in total. The maximum atomic E-state index is 6.08. The van der Waals surface area contributed by atoms with Gasteiger partial charge in [0.05, 0.1) is 10.9 Å². The Morgan fingerprint density at radius 1 is 1.40 bits per heavy atom. The first-order valence-corrected chi connectivity index (χ1v) is 8.13. The molecule has 5 heteroatoms. The molecule has 108 valence electrons. The van der Waals surface area contributed by atoms with E-state index in [2.05, 4.69) is 35.2 Å². The normalized spacial score (nSPS) is 26.9. The van der Waals surface area contributed by atoms with Gasteiger partial charge in [0.15, 0.2) is 0 Å². The summed E-state index contributed by atoms with van der Waals surface area (Å²) in [5, 5.41) is 4.78. The number of anilines is 1. The molecule has 2 aromatic rings. The number of hydrogen-bond donors (Lipinski definition) is 2. The molecule has 0 atom stereocenters. The van der Waals surface area contributed by atoms with Gasteiger partial charge in [-0.25, -0.2) is 9.97 Å². The van der Waals surface area contributed by atoms with E-state index in [1.165, 1.54) is 17.7 Å². The van der Waals surface area contributed by atoms with Gasteiger partial charge in [0.25, 0.3) is 0 Å². The van der Waals surface area contributed by atoms with Crippen molar-refractivity contribution in [3.63, 3.8) is 0 Å². The summed E-state index contributed by atoms with van der Waals surface area (Å²) in [6, 6.07) is 2.16. The fourth-order valence-corrected chi connectivity index (χ4v) is 3.87. The molecule has 0 radical (unpaired) electrons. The third kappa shape index (κ3) is 2.52. The van der Waals surface area contributed by atoms with E-state index in [1.54, 1.807) is 17.7 Å². The first-order valence-electron chi connectivity index (χ1n) is 7.31. The lowest BCUT2D eigenvalue weighted by Gasteiger charge is -2.39. The molecule has 0 bridgehead atoms. The summed E-state index contributed by atoms with van der Waals surface area (Å²) in [6.07, 6.45) is 6.37. The fourth-order valence-electron chi connectivity index (χ4n) is 3.02. The van der Waals surface area contributed by atoms with Crippen LogP contribution in [0.4, 0.5) is 5.82 Å². The number of nitrogens with one attached hydrogen (secondary N) is 1. The molecule has 0 saturated heterocycles. The summed E-state index contributed by atoms with van der Waals surface area (Å²) >= 11 is 1.71. The van der Waals surface area contributed by atoms with Crippen molar-refractivity contribution in [2.24, 2.45) is 11.7 Å². The van der Waals surface area contributed by atoms with E-state index in [0.29, 0.717) is 6.54 Å². The molecule has 3 N–H and O–H groups in total. The predicted molar refractivity (Wildman–Crippen MR) is 85.2 cm³/mol. The lowest BCUT2D eigenvalue weighted by Crippen LogP contribution is -2.48. The van der Waals surface area contributed by atoms with Crippen LogP contribution >= 0.6 is 11.3 Å². The number of nitrogens with zero attached hydrogens (tertiary/aromatic N) is 2. The van der Waals surface area contributed by atoms with Gasteiger partial charge in [-0.15, -0.1) is 11.3 Å². The number of hydrogen-bond acceptors (Lipinski definition) is 5. The number of nitrogens with two attached hydrogens (primary N) is 1. The van der Waals surface area contributed by atoms with E-state index in [9.17, 15) is 0 Å². The fraction of sp³-hybridized carbons (Fsp3) is 0.600. The van der Waals surface area contributed by atoms with Gasteiger partial charge in [0, 0.05) is 11.4 Å². The van der Waals surface area contributed by atoms with Gasteiger partial charge in [0.2, 0.25) is 0 Å². The number of rotatable bonds is 3. The van der Waals surface area contributed by atoms with Crippen molar-refractivity contribution in [3.8, 4) is 0 Å². The number of fused-ring (bicyclic) bond motifs is 1. The zero-order chi connectivity index (χ0) is 14.2. The maximum absolute atomic E-state index is 6.08. The van der Waals surface area contributed by atoms with Crippen LogP contribution in [0.1, 0.15) is 37.5 Å². The molecule has 2 heterocycles. The predicted octanol–water partition coefficient (Wildman–Crippen LogP) is 3.32. The van der Waals surface area contributed by atoms with Crippen molar-refractivity contribution in [2.45, 2.75) is 45.1 Å². The smallest absolute Gasteiger partial charge is 0.138 e. The van der Waals surface area contributed by atoms with Crippen LogP contribution in [0.2, 0.25) is 0 Å². The van der Waals surface area contributed by atoms with Crippen LogP contribution in [0.15, 0.2) is 12.4 Å². The lowest BCUT2D eigenvalue weighted by atomic mass is 9.77. The van der Waals surface area contributed by atoms with E-state index in [4.69, 9.17) is 5.73 Å². The van der Waals surface area contributed by atoms with Crippen LogP contribution in [0.5, 0.6) is 0 Å². The molecule has 1 aliphatic rings. The Hall–Kier alpha value is -1.20. The second-order valence-corrected chi connectivity index (χ2v) is 7.32. The topological polar surface area (TPSA) is 63.8 Å². The highest BCUT2D eigenvalue weighted by Crippen LogP contribution is 2.36. The van der Waals surface area contributed by atoms with E-state index < -0.39 is 0 Å². The molecule has 0 aromatic carbocycles. The third-order valence-corrected chi connectivity index (χ3v) is 5.42. The van der Waals surface area contributed by atoms with Crippen LogP contribution in [0, 0.1) is 12.8 Å². The molecule has 0 unspecified atom stereocenters. The summed E-state index contributed by atoms with van der Waals surface area (Å²) in [4.78, 5) is 11.1.